The van der Waals surface area contributed by atoms with Gasteiger partial charge in [0.05, 0.1) is 25.5 Å². The minimum atomic E-state index is -1.21. The molecule has 25 heavy (non-hydrogen) atoms. The lowest BCUT2D eigenvalue weighted by atomic mass is 9.81. The minimum Gasteiger partial charge on any atom is -0.468 e. The number of likely N-dealkylation sites (tertiary alicyclic amines) is 1. The van der Waals surface area contributed by atoms with Crippen LogP contribution < -0.4 is 10.6 Å². The largest absolute Gasteiger partial charge is 0.468 e. The number of carbonyl (C=O) groups excluding carboxylic acids is 3. The Kier molecular flexibility index (Phi) is 4.62. The third-order valence-electron chi connectivity index (χ3n) is 5.20. The van der Waals surface area contributed by atoms with E-state index in [9.17, 15) is 14.4 Å². The summed E-state index contributed by atoms with van der Waals surface area (Å²) < 4.78 is 4.91. The molecule has 0 bridgehead atoms. The summed E-state index contributed by atoms with van der Waals surface area (Å²) in [5, 5.41) is 6.18. The Bertz CT molecular complexity index is 693. The Balaban J connectivity index is 1.94. The molecule has 2 saturated heterocycles. The average Bonchev–Trinajstić information content (AvgIpc) is 3.05. The molecule has 3 rings (SSSR count). The van der Waals surface area contributed by atoms with Crippen molar-refractivity contribution in [3.63, 3.8) is 0 Å². The maximum Gasteiger partial charge on any atom is 0.326 e. The van der Waals surface area contributed by atoms with Crippen LogP contribution in [0.2, 0.25) is 0 Å². The van der Waals surface area contributed by atoms with Gasteiger partial charge in [-0.05, 0) is 19.5 Å². The number of nitrogens with one attached hydrogen (secondary N) is 2. The van der Waals surface area contributed by atoms with Crippen molar-refractivity contribution in [2.24, 2.45) is 11.8 Å². The van der Waals surface area contributed by atoms with E-state index in [0.717, 1.165) is 5.56 Å². The standard InChI is InChI=1S/C18H23N3O4/c1-18(17(24)25-3)14-13(12(20-18)9-19-2)15(22)21(16(14)23)10-11-7-5-4-6-8-11/h4-8,12-14,19-20H,9-10H2,1-3H3/t12-,13+,14-,18-/m1/s1. The summed E-state index contributed by atoms with van der Waals surface area (Å²) in [5.74, 6) is -2.41. The number of nitrogens with zero attached hydrogens (tertiary/aromatic N) is 1. The molecule has 0 aromatic heterocycles. The number of likely N-dealkylation sites (N-methyl/N-ethyl adjacent to an activating group) is 1. The van der Waals surface area contributed by atoms with Crippen LogP contribution in [0.4, 0.5) is 0 Å². The number of hydrogen-bond donors (Lipinski definition) is 2. The van der Waals surface area contributed by atoms with E-state index in [4.69, 9.17) is 4.74 Å². The Morgan fingerprint density at radius 2 is 1.96 bits per heavy atom. The number of ether oxygens (including phenoxy) is 1. The second-order valence-corrected chi connectivity index (χ2v) is 6.75. The molecule has 2 fully saturated rings. The van der Waals surface area contributed by atoms with Gasteiger partial charge >= 0.3 is 5.97 Å². The lowest BCUT2D eigenvalue weighted by Gasteiger charge is -2.28. The molecule has 134 valence electrons. The van der Waals surface area contributed by atoms with Crippen LogP contribution in [0.15, 0.2) is 30.3 Å². The molecule has 2 amide bonds. The van der Waals surface area contributed by atoms with E-state index in [0.29, 0.717) is 6.54 Å². The second kappa shape index (κ2) is 6.57. The van der Waals surface area contributed by atoms with Crippen molar-refractivity contribution >= 4 is 17.8 Å². The first-order valence-electron chi connectivity index (χ1n) is 8.34. The number of carbonyl (C=O) groups is 3. The van der Waals surface area contributed by atoms with Crippen molar-refractivity contribution in [1.82, 2.24) is 15.5 Å². The van der Waals surface area contributed by atoms with E-state index in [2.05, 4.69) is 10.6 Å². The molecule has 7 heteroatoms. The lowest BCUT2D eigenvalue weighted by molar-refractivity contribution is -0.153. The van der Waals surface area contributed by atoms with Crippen LogP contribution >= 0.6 is 0 Å². The molecular weight excluding hydrogens is 322 g/mol. The number of rotatable bonds is 5. The SMILES string of the molecule is CNC[C@H]1N[C@@](C)(C(=O)OC)[C@H]2C(=O)N(Cc3ccccc3)C(=O)[C@@H]12. The van der Waals surface area contributed by atoms with Crippen molar-refractivity contribution in [2.75, 3.05) is 20.7 Å². The predicted molar refractivity (Wildman–Crippen MR) is 90.3 cm³/mol. The molecular formula is C18H23N3O4. The first kappa shape index (κ1) is 17.6. The molecule has 2 aliphatic rings. The highest BCUT2D eigenvalue weighted by atomic mass is 16.5. The molecule has 0 saturated carbocycles. The number of fused-ring (bicyclic) bond motifs is 1. The molecule has 1 aromatic rings. The molecule has 2 heterocycles. The van der Waals surface area contributed by atoms with Gasteiger partial charge in [0.1, 0.15) is 5.54 Å². The molecule has 7 nitrogen and oxygen atoms in total. The second-order valence-electron chi connectivity index (χ2n) is 6.75. The van der Waals surface area contributed by atoms with Crippen molar-refractivity contribution in [1.29, 1.82) is 0 Å². The average molecular weight is 345 g/mol. The van der Waals surface area contributed by atoms with Gasteiger partial charge in [-0.15, -0.1) is 0 Å². The monoisotopic (exact) mass is 345 g/mol. The zero-order valence-electron chi connectivity index (χ0n) is 14.6. The number of imide groups is 1. The number of benzene rings is 1. The van der Waals surface area contributed by atoms with Gasteiger partial charge in [-0.25, -0.2) is 0 Å². The van der Waals surface area contributed by atoms with Crippen molar-refractivity contribution in [2.45, 2.75) is 25.0 Å². The van der Waals surface area contributed by atoms with Gasteiger partial charge in [0, 0.05) is 12.6 Å². The Morgan fingerprint density at radius 1 is 1.28 bits per heavy atom. The summed E-state index contributed by atoms with van der Waals surface area (Å²) in [6.07, 6.45) is 0. The van der Waals surface area contributed by atoms with E-state index in [1.807, 2.05) is 30.3 Å². The van der Waals surface area contributed by atoms with E-state index >= 15 is 0 Å². The van der Waals surface area contributed by atoms with Gasteiger partial charge in [0.15, 0.2) is 0 Å². The molecule has 2 N–H and O–H groups in total. The summed E-state index contributed by atoms with van der Waals surface area (Å²) in [6.45, 7) is 2.34. The normalized spacial score (nSPS) is 31.3. The fourth-order valence-electron chi connectivity index (χ4n) is 4.05. The third kappa shape index (κ3) is 2.73. The smallest absolute Gasteiger partial charge is 0.326 e. The molecule has 2 aliphatic heterocycles. The predicted octanol–water partition coefficient (Wildman–Crippen LogP) is -0.0893. The first-order valence-corrected chi connectivity index (χ1v) is 8.34. The summed E-state index contributed by atoms with van der Waals surface area (Å²) in [4.78, 5) is 39.6. The number of esters is 1. The summed E-state index contributed by atoms with van der Waals surface area (Å²) >= 11 is 0. The number of hydrogen-bond acceptors (Lipinski definition) is 6. The number of methoxy groups -OCH3 is 1. The first-order chi connectivity index (χ1) is 11.9. The number of amides is 2. The van der Waals surface area contributed by atoms with Gasteiger partial charge in [0.2, 0.25) is 11.8 Å². The Labute approximate surface area is 146 Å². The van der Waals surface area contributed by atoms with Crippen molar-refractivity contribution < 1.29 is 19.1 Å². The fourth-order valence-corrected chi connectivity index (χ4v) is 4.05. The van der Waals surface area contributed by atoms with E-state index in [1.165, 1.54) is 12.0 Å². The maximum absolute atomic E-state index is 13.0. The van der Waals surface area contributed by atoms with Crippen LogP contribution in [0.5, 0.6) is 0 Å². The molecule has 4 atom stereocenters. The highest BCUT2D eigenvalue weighted by Gasteiger charge is 2.66. The minimum absolute atomic E-state index is 0.217. The van der Waals surface area contributed by atoms with Gasteiger partial charge in [-0.1, -0.05) is 30.3 Å². The molecule has 0 radical (unpaired) electrons. The van der Waals surface area contributed by atoms with Crippen LogP contribution in [0.25, 0.3) is 0 Å². The highest BCUT2D eigenvalue weighted by Crippen LogP contribution is 2.43. The van der Waals surface area contributed by atoms with E-state index in [1.54, 1.807) is 14.0 Å². The molecule has 0 aliphatic carbocycles. The highest BCUT2D eigenvalue weighted by molar-refractivity contribution is 6.09. The fraction of sp³-hybridized carbons (Fsp3) is 0.500. The molecule has 0 spiro atoms. The van der Waals surface area contributed by atoms with E-state index < -0.39 is 23.3 Å². The summed E-state index contributed by atoms with van der Waals surface area (Å²) in [6, 6.07) is 9.05. The Morgan fingerprint density at radius 3 is 2.56 bits per heavy atom. The maximum atomic E-state index is 13.0. The van der Waals surface area contributed by atoms with Crippen LogP contribution in [-0.2, 0) is 25.7 Å². The van der Waals surface area contributed by atoms with Crippen molar-refractivity contribution in [3.8, 4) is 0 Å². The van der Waals surface area contributed by atoms with Crippen LogP contribution in [0, 0.1) is 11.8 Å². The topological polar surface area (TPSA) is 87.7 Å². The third-order valence-corrected chi connectivity index (χ3v) is 5.20. The zero-order chi connectivity index (χ0) is 18.2. The van der Waals surface area contributed by atoms with E-state index in [-0.39, 0.29) is 24.4 Å². The lowest BCUT2D eigenvalue weighted by Crippen LogP contribution is -2.56. The van der Waals surface area contributed by atoms with Gasteiger partial charge < -0.3 is 10.1 Å². The quantitative estimate of drug-likeness (QED) is 0.573. The summed E-state index contributed by atoms with van der Waals surface area (Å²) in [7, 11) is 3.06. The van der Waals surface area contributed by atoms with Crippen molar-refractivity contribution in [3.05, 3.63) is 35.9 Å². The van der Waals surface area contributed by atoms with Gasteiger partial charge in [0.25, 0.3) is 0 Å². The van der Waals surface area contributed by atoms with Crippen LogP contribution in [-0.4, -0.2) is 55.0 Å². The summed E-state index contributed by atoms with van der Waals surface area (Å²) in [5.41, 5.74) is -0.332. The van der Waals surface area contributed by atoms with Crippen LogP contribution in [0.1, 0.15) is 12.5 Å². The molecule has 1 aromatic carbocycles. The zero-order valence-corrected chi connectivity index (χ0v) is 14.6. The van der Waals surface area contributed by atoms with Gasteiger partial charge in [-0.3, -0.25) is 24.6 Å². The molecule has 0 unspecified atom stereocenters. The van der Waals surface area contributed by atoms with Crippen LogP contribution in [0.3, 0.4) is 0 Å². The Hall–Kier alpha value is -2.25. The van der Waals surface area contributed by atoms with Gasteiger partial charge in [-0.2, -0.15) is 0 Å².